The molecule has 0 aliphatic heterocycles. The predicted octanol–water partition coefficient (Wildman–Crippen LogP) is 0.683. The third kappa shape index (κ3) is 0.567. The van der Waals surface area contributed by atoms with Crippen LogP contribution in [-0.2, 0) is 0 Å². The lowest BCUT2D eigenvalue weighted by Gasteiger charge is -2.12. The minimum Gasteiger partial charge on any atom is -0.478 e. The van der Waals surface area contributed by atoms with E-state index in [-0.39, 0.29) is 11.1 Å². The monoisotopic (exact) mass is 164 g/mol. The van der Waals surface area contributed by atoms with Crippen LogP contribution < -0.4 is 0 Å². The Hall–Kier alpha value is -1.84. The van der Waals surface area contributed by atoms with Crippen molar-refractivity contribution < 1.29 is 19.8 Å². The molecule has 60 valence electrons. The molecule has 2 aliphatic carbocycles. The number of hydrogen-bond donors (Lipinski definition) is 2. The van der Waals surface area contributed by atoms with E-state index in [1.807, 2.05) is 0 Å². The minimum atomic E-state index is -1.17. The second-order valence-electron chi connectivity index (χ2n) is 2.52. The molecule has 4 nitrogen and oxygen atoms in total. The maximum atomic E-state index is 10.5. The molecule has 0 fully saturated rings. The second-order valence-corrected chi connectivity index (χ2v) is 2.52. The van der Waals surface area contributed by atoms with Gasteiger partial charge in [-0.15, -0.1) is 0 Å². The van der Waals surface area contributed by atoms with Gasteiger partial charge in [-0.1, -0.05) is 12.1 Å². The normalized spacial score (nSPS) is 11.0. The van der Waals surface area contributed by atoms with Gasteiger partial charge in [-0.05, 0) is 10.4 Å². The van der Waals surface area contributed by atoms with Crippen molar-refractivity contribution in [1.29, 1.82) is 0 Å². The highest BCUT2D eigenvalue weighted by Gasteiger charge is 2.26. The highest BCUT2D eigenvalue weighted by molar-refractivity contribution is 6.04. The SMILES string of the molecule is O=C(O)c1c(C(=O)O)c2ccc1=2. The third-order valence-electron chi connectivity index (χ3n) is 1.92. The smallest absolute Gasteiger partial charge is 0.337 e. The Morgan fingerprint density at radius 1 is 0.917 bits per heavy atom. The van der Waals surface area contributed by atoms with Crippen molar-refractivity contribution in [1.82, 2.24) is 0 Å². The molecule has 2 aliphatic rings. The van der Waals surface area contributed by atoms with Gasteiger partial charge in [0.2, 0.25) is 0 Å². The van der Waals surface area contributed by atoms with E-state index < -0.39 is 11.9 Å². The molecule has 0 atom stereocenters. The zero-order valence-corrected chi connectivity index (χ0v) is 5.87. The Morgan fingerprint density at radius 3 is 1.42 bits per heavy atom. The van der Waals surface area contributed by atoms with Crippen molar-refractivity contribution in [3.63, 3.8) is 0 Å². The third-order valence-corrected chi connectivity index (χ3v) is 1.92. The summed E-state index contributed by atoms with van der Waals surface area (Å²) in [6.45, 7) is 0. The van der Waals surface area contributed by atoms with Crippen LogP contribution in [0.5, 0.6) is 0 Å². The van der Waals surface area contributed by atoms with Gasteiger partial charge in [0.25, 0.3) is 0 Å². The van der Waals surface area contributed by atoms with Crippen LogP contribution in [0.4, 0.5) is 0 Å². The second kappa shape index (κ2) is 1.85. The Kier molecular flexibility index (Phi) is 1.05. The Morgan fingerprint density at radius 2 is 1.25 bits per heavy atom. The summed E-state index contributed by atoms with van der Waals surface area (Å²) in [7, 11) is 0. The molecule has 0 saturated carbocycles. The molecule has 2 rings (SSSR count). The molecule has 2 N–H and O–H groups in total. The maximum Gasteiger partial charge on any atom is 0.337 e. The molecular formula is C8H4O4. The molecule has 0 spiro atoms. The molecule has 0 aromatic heterocycles. The number of carbonyl (C=O) groups is 2. The molecule has 0 radical (unpaired) electrons. The van der Waals surface area contributed by atoms with Gasteiger partial charge in [0.15, 0.2) is 0 Å². The number of rotatable bonds is 2. The van der Waals surface area contributed by atoms with Crippen molar-refractivity contribution in [2.24, 2.45) is 0 Å². The lowest BCUT2D eigenvalue weighted by molar-refractivity contribution is 0.0645. The van der Waals surface area contributed by atoms with Crippen molar-refractivity contribution >= 4 is 11.9 Å². The van der Waals surface area contributed by atoms with Gasteiger partial charge in [0.05, 0.1) is 11.1 Å². The van der Waals surface area contributed by atoms with E-state index in [9.17, 15) is 9.59 Å². The van der Waals surface area contributed by atoms with Gasteiger partial charge in [0.1, 0.15) is 0 Å². The number of carboxylic acids is 2. The van der Waals surface area contributed by atoms with Gasteiger partial charge in [-0.3, -0.25) is 0 Å². The van der Waals surface area contributed by atoms with Gasteiger partial charge >= 0.3 is 11.9 Å². The van der Waals surface area contributed by atoms with E-state index >= 15 is 0 Å². The zero-order chi connectivity index (χ0) is 8.88. The Bertz CT molecular complexity index is 442. The molecule has 4 heteroatoms. The summed E-state index contributed by atoms with van der Waals surface area (Å²) >= 11 is 0. The van der Waals surface area contributed by atoms with Gasteiger partial charge in [-0.2, -0.15) is 0 Å². The Labute approximate surface area is 66.4 Å². The zero-order valence-electron chi connectivity index (χ0n) is 5.87. The molecule has 0 saturated heterocycles. The summed E-state index contributed by atoms with van der Waals surface area (Å²) in [5.74, 6) is -2.34. The topological polar surface area (TPSA) is 74.6 Å². The molecule has 0 amide bonds. The van der Waals surface area contributed by atoms with Crippen molar-refractivity contribution in [3.05, 3.63) is 33.7 Å². The van der Waals surface area contributed by atoms with Crippen molar-refractivity contribution in [2.75, 3.05) is 0 Å². The first-order valence-electron chi connectivity index (χ1n) is 3.27. The molecule has 0 aromatic rings. The summed E-state index contributed by atoms with van der Waals surface area (Å²) in [6, 6.07) is 3.20. The van der Waals surface area contributed by atoms with Crippen LogP contribution >= 0.6 is 0 Å². The van der Waals surface area contributed by atoms with Crippen LogP contribution in [0.1, 0.15) is 20.7 Å². The van der Waals surface area contributed by atoms with E-state index in [0.29, 0.717) is 10.4 Å². The van der Waals surface area contributed by atoms with Gasteiger partial charge in [-0.25, -0.2) is 9.59 Å². The molecule has 0 heterocycles. The van der Waals surface area contributed by atoms with Crippen LogP contribution in [0.25, 0.3) is 0 Å². The average Bonchev–Trinajstić information content (AvgIpc) is 1.91. The molecule has 0 aromatic carbocycles. The van der Waals surface area contributed by atoms with Gasteiger partial charge in [0, 0.05) is 0 Å². The van der Waals surface area contributed by atoms with E-state index in [0.717, 1.165) is 0 Å². The van der Waals surface area contributed by atoms with Crippen LogP contribution in [0.2, 0.25) is 0 Å². The highest BCUT2D eigenvalue weighted by Crippen LogP contribution is 2.23. The quantitative estimate of drug-likeness (QED) is 0.684. The summed E-state index contributed by atoms with van der Waals surface area (Å²) in [6.07, 6.45) is 0. The van der Waals surface area contributed by atoms with E-state index in [1.54, 1.807) is 12.1 Å². The number of hydrogen-bond acceptors (Lipinski definition) is 2. The van der Waals surface area contributed by atoms with Crippen LogP contribution in [0, 0.1) is 10.4 Å². The first kappa shape index (κ1) is 6.84. The molecular weight excluding hydrogens is 160 g/mol. The summed E-state index contributed by atoms with van der Waals surface area (Å²) in [4.78, 5) is 21.0. The fraction of sp³-hybridized carbons (Fsp3) is 0. The fourth-order valence-corrected chi connectivity index (χ4v) is 1.34. The van der Waals surface area contributed by atoms with E-state index in [1.165, 1.54) is 0 Å². The van der Waals surface area contributed by atoms with E-state index in [2.05, 4.69) is 0 Å². The number of aromatic carboxylic acids is 2. The highest BCUT2D eigenvalue weighted by atomic mass is 16.4. The lowest BCUT2D eigenvalue weighted by atomic mass is 9.90. The van der Waals surface area contributed by atoms with Crippen molar-refractivity contribution in [3.8, 4) is 0 Å². The summed E-state index contributed by atoms with van der Waals surface area (Å²) < 4.78 is 0. The standard InChI is InChI=1S/C8H4O4/c9-7(10)5-3-1-2-4(3)6(5)8(11)12/h1-2H,(H,9,10)(H,11,12). The lowest BCUT2D eigenvalue weighted by Crippen LogP contribution is -2.17. The molecule has 0 bridgehead atoms. The fourth-order valence-electron chi connectivity index (χ4n) is 1.34. The van der Waals surface area contributed by atoms with Crippen LogP contribution in [0.15, 0.2) is 12.1 Å². The summed E-state index contributed by atoms with van der Waals surface area (Å²) in [5, 5.41) is 18.3. The average molecular weight is 164 g/mol. The minimum absolute atomic E-state index is 0.0694. The maximum absolute atomic E-state index is 10.5. The first-order chi connectivity index (χ1) is 5.63. The van der Waals surface area contributed by atoms with Gasteiger partial charge < -0.3 is 10.2 Å². The van der Waals surface area contributed by atoms with E-state index in [4.69, 9.17) is 10.2 Å². The van der Waals surface area contributed by atoms with Crippen LogP contribution in [0.3, 0.4) is 0 Å². The molecule has 0 unspecified atom stereocenters. The number of carboxylic acid groups (broad SMARTS) is 2. The number of benzene rings is 1. The molecule has 12 heavy (non-hydrogen) atoms. The predicted molar refractivity (Wildman–Crippen MR) is 38.0 cm³/mol. The van der Waals surface area contributed by atoms with Crippen LogP contribution in [-0.4, -0.2) is 22.2 Å². The summed E-state index contributed by atoms with van der Waals surface area (Å²) in [5.41, 5.74) is -0.139. The first-order valence-corrected chi connectivity index (χ1v) is 3.27. The largest absolute Gasteiger partial charge is 0.478 e. The Balaban J connectivity index is 2.68. The van der Waals surface area contributed by atoms with Crippen molar-refractivity contribution in [2.45, 2.75) is 0 Å².